The fraction of sp³-hybridized carbons (Fsp3) is 0.682. The van der Waals surface area contributed by atoms with Crippen molar-refractivity contribution in [2.45, 2.75) is 71.4 Å². The predicted octanol–water partition coefficient (Wildman–Crippen LogP) is 3.78. The molecule has 0 radical (unpaired) electrons. The van der Waals surface area contributed by atoms with Crippen LogP contribution in [0.5, 0.6) is 0 Å². The van der Waals surface area contributed by atoms with Gasteiger partial charge in [0, 0.05) is 38.8 Å². The van der Waals surface area contributed by atoms with Gasteiger partial charge in [-0.3, -0.25) is 4.99 Å². The van der Waals surface area contributed by atoms with Crippen LogP contribution in [-0.4, -0.2) is 49.6 Å². The van der Waals surface area contributed by atoms with Gasteiger partial charge in [0.2, 0.25) is 0 Å². The number of benzene rings is 1. The highest BCUT2D eigenvalue weighted by Crippen LogP contribution is 2.15. The average molecular weight is 359 g/mol. The van der Waals surface area contributed by atoms with Crippen LogP contribution in [0.25, 0.3) is 0 Å². The molecule has 1 aromatic carbocycles. The molecule has 2 rings (SSSR count). The Morgan fingerprint density at radius 3 is 2.31 bits per heavy atom. The lowest BCUT2D eigenvalue weighted by Gasteiger charge is -2.35. The van der Waals surface area contributed by atoms with E-state index in [-0.39, 0.29) is 0 Å². The highest BCUT2D eigenvalue weighted by molar-refractivity contribution is 5.79. The first-order valence-electron chi connectivity index (χ1n) is 10.3. The zero-order chi connectivity index (χ0) is 18.9. The average Bonchev–Trinajstić information content (AvgIpc) is 2.65. The lowest BCUT2D eigenvalue weighted by atomic mass is 10.0. The van der Waals surface area contributed by atoms with Gasteiger partial charge in [-0.05, 0) is 56.6 Å². The summed E-state index contributed by atoms with van der Waals surface area (Å²) in [5, 5.41) is 7.07. The molecule has 0 bridgehead atoms. The van der Waals surface area contributed by atoms with Crippen LogP contribution >= 0.6 is 0 Å². The van der Waals surface area contributed by atoms with E-state index in [1.165, 1.54) is 37.1 Å². The monoisotopic (exact) mass is 358 g/mol. The first-order valence-corrected chi connectivity index (χ1v) is 10.3. The summed E-state index contributed by atoms with van der Waals surface area (Å²) in [6.07, 6.45) is 4.62. The fourth-order valence-corrected chi connectivity index (χ4v) is 3.52. The van der Waals surface area contributed by atoms with Crippen LogP contribution in [0.2, 0.25) is 0 Å². The maximum absolute atomic E-state index is 4.39. The normalized spacial score (nSPS) is 17.1. The first kappa shape index (κ1) is 20.8. The number of nitrogens with zero attached hydrogens (tertiary/aromatic N) is 2. The van der Waals surface area contributed by atoms with E-state index in [9.17, 15) is 0 Å². The van der Waals surface area contributed by atoms with Crippen LogP contribution in [-0.2, 0) is 6.42 Å². The molecule has 0 atom stereocenters. The number of likely N-dealkylation sites (tertiary alicyclic amines) is 1. The highest BCUT2D eigenvalue weighted by atomic mass is 15.2. The number of hydrogen-bond donors (Lipinski definition) is 2. The highest BCUT2D eigenvalue weighted by Gasteiger charge is 2.21. The molecule has 0 amide bonds. The van der Waals surface area contributed by atoms with Crippen LogP contribution in [0.1, 0.15) is 64.0 Å². The van der Waals surface area contributed by atoms with Gasteiger partial charge in [-0.25, -0.2) is 0 Å². The fourth-order valence-electron chi connectivity index (χ4n) is 3.52. The van der Waals surface area contributed by atoms with E-state index in [1.54, 1.807) is 0 Å². The van der Waals surface area contributed by atoms with Crippen molar-refractivity contribution in [2.75, 3.05) is 26.7 Å². The zero-order valence-electron chi connectivity index (χ0n) is 17.4. The Kier molecular flexibility index (Phi) is 8.43. The minimum Gasteiger partial charge on any atom is -0.356 e. The van der Waals surface area contributed by atoms with Gasteiger partial charge in [-0.15, -0.1) is 0 Å². The number of aryl methyl sites for hydroxylation is 1. The van der Waals surface area contributed by atoms with Crippen LogP contribution in [0.3, 0.4) is 0 Å². The SMILES string of the molecule is CN=C(NCCCc1ccc(C(C)C)cc1)NC1CCN(C(C)C)CC1. The quantitative estimate of drug-likeness (QED) is 0.443. The van der Waals surface area contributed by atoms with Gasteiger partial charge in [0.1, 0.15) is 0 Å². The number of piperidine rings is 1. The second-order valence-electron chi connectivity index (χ2n) is 8.05. The summed E-state index contributed by atoms with van der Waals surface area (Å²) in [7, 11) is 1.86. The van der Waals surface area contributed by atoms with Crippen molar-refractivity contribution >= 4 is 5.96 Å². The molecule has 0 aromatic heterocycles. The van der Waals surface area contributed by atoms with E-state index < -0.39 is 0 Å². The summed E-state index contributed by atoms with van der Waals surface area (Å²) >= 11 is 0. The lowest BCUT2D eigenvalue weighted by molar-refractivity contribution is 0.167. The van der Waals surface area contributed by atoms with Crippen molar-refractivity contribution in [2.24, 2.45) is 4.99 Å². The van der Waals surface area contributed by atoms with Gasteiger partial charge in [0.25, 0.3) is 0 Å². The molecule has 4 nitrogen and oxygen atoms in total. The van der Waals surface area contributed by atoms with Gasteiger partial charge >= 0.3 is 0 Å². The summed E-state index contributed by atoms with van der Waals surface area (Å²) in [6.45, 7) is 12.4. The largest absolute Gasteiger partial charge is 0.356 e. The summed E-state index contributed by atoms with van der Waals surface area (Å²) in [5.41, 5.74) is 2.83. The van der Waals surface area contributed by atoms with E-state index in [0.29, 0.717) is 18.0 Å². The minimum absolute atomic E-state index is 0.541. The number of aliphatic imine (C=N–C) groups is 1. The van der Waals surface area contributed by atoms with Crippen molar-refractivity contribution in [3.8, 4) is 0 Å². The second-order valence-corrected chi connectivity index (χ2v) is 8.05. The Labute approximate surface area is 160 Å². The molecule has 2 N–H and O–H groups in total. The van der Waals surface area contributed by atoms with Crippen molar-refractivity contribution in [1.29, 1.82) is 0 Å². The molecular formula is C22H38N4. The molecule has 146 valence electrons. The standard InChI is InChI=1S/C22H38N4/c1-17(2)20-10-8-19(9-11-20)7-6-14-24-22(23-5)25-21-12-15-26(16-13-21)18(3)4/h8-11,17-18,21H,6-7,12-16H2,1-5H3,(H2,23,24,25). The molecule has 1 heterocycles. The van der Waals surface area contributed by atoms with E-state index in [2.05, 4.69) is 72.5 Å². The van der Waals surface area contributed by atoms with Gasteiger partial charge in [-0.1, -0.05) is 38.1 Å². The molecule has 1 aromatic rings. The second kappa shape index (κ2) is 10.6. The maximum atomic E-state index is 4.39. The minimum atomic E-state index is 0.541. The van der Waals surface area contributed by atoms with E-state index >= 15 is 0 Å². The van der Waals surface area contributed by atoms with Gasteiger partial charge in [0.05, 0.1) is 0 Å². The zero-order valence-corrected chi connectivity index (χ0v) is 17.4. The molecule has 0 spiro atoms. The van der Waals surface area contributed by atoms with Gasteiger partial charge in [0.15, 0.2) is 5.96 Å². The van der Waals surface area contributed by atoms with Crippen molar-refractivity contribution in [3.63, 3.8) is 0 Å². The van der Waals surface area contributed by atoms with Crippen molar-refractivity contribution in [1.82, 2.24) is 15.5 Å². The molecule has 4 heteroatoms. The van der Waals surface area contributed by atoms with E-state index in [4.69, 9.17) is 0 Å². The molecule has 1 aliphatic rings. The number of nitrogens with one attached hydrogen (secondary N) is 2. The van der Waals surface area contributed by atoms with Crippen LogP contribution in [0, 0.1) is 0 Å². The topological polar surface area (TPSA) is 39.7 Å². The molecule has 0 saturated carbocycles. The molecule has 26 heavy (non-hydrogen) atoms. The smallest absolute Gasteiger partial charge is 0.191 e. The van der Waals surface area contributed by atoms with Crippen LogP contribution in [0.15, 0.2) is 29.3 Å². The van der Waals surface area contributed by atoms with E-state index in [1.807, 2.05) is 7.05 Å². The first-order chi connectivity index (χ1) is 12.5. The third-order valence-corrected chi connectivity index (χ3v) is 5.41. The molecule has 1 saturated heterocycles. The summed E-state index contributed by atoms with van der Waals surface area (Å²) in [4.78, 5) is 6.95. The Bertz CT molecular complexity index is 540. The summed E-state index contributed by atoms with van der Waals surface area (Å²) < 4.78 is 0. The van der Waals surface area contributed by atoms with E-state index in [0.717, 1.165) is 25.3 Å². The molecular weight excluding hydrogens is 320 g/mol. The van der Waals surface area contributed by atoms with Crippen LogP contribution < -0.4 is 10.6 Å². The molecule has 1 aliphatic heterocycles. The number of guanidine groups is 1. The lowest BCUT2D eigenvalue weighted by Crippen LogP contribution is -2.50. The summed E-state index contributed by atoms with van der Waals surface area (Å²) in [5.74, 6) is 1.55. The Hall–Kier alpha value is -1.55. The molecule has 0 aliphatic carbocycles. The maximum Gasteiger partial charge on any atom is 0.191 e. The number of hydrogen-bond acceptors (Lipinski definition) is 2. The van der Waals surface area contributed by atoms with Crippen molar-refractivity contribution < 1.29 is 0 Å². The molecule has 0 unspecified atom stereocenters. The predicted molar refractivity (Wildman–Crippen MR) is 113 cm³/mol. The Morgan fingerprint density at radius 2 is 1.77 bits per heavy atom. The third-order valence-electron chi connectivity index (χ3n) is 5.41. The Morgan fingerprint density at radius 1 is 1.12 bits per heavy atom. The van der Waals surface area contributed by atoms with Crippen LogP contribution in [0.4, 0.5) is 0 Å². The number of rotatable bonds is 7. The van der Waals surface area contributed by atoms with Crippen molar-refractivity contribution in [3.05, 3.63) is 35.4 Å². The summed E-state index contributed by atoms with van der Waals surface area (Å²) in [6, 6.07) is 10.3. The third kappa shape index (κ3) is 6.64. The Balaban J connectivity index is 1.66. The molecule has 1 fully saturated rings. The van der Waals surface area contributed by atoms with Gasteiger partial charge < -0.3 is 15.5 Å². The van der Waals surface area contributed by atoms with Gasteiger partial charge in [-0.2, -0.15) is 0 Å².